The van der Waals surface area contributed by atoms with Crippen LogP contribution in [0.2, 0.25) is 0 Å². The molecule has 14 nitrogen and oxygen atoms in total. The molecule has 1 aromatic carbocycles. The summed E-state index contributed by atoms with van der Waals surface area (Å²) in [6.45, 7) is 0.370. The number of aromatic hydroxyl groups is 1. The number of nitrogens with two attached hydrogens (primary N) is 2. The maximum absolute atomic E-state index is 12.9. The van der Waals surface area contributed by atoms with Crippen LogP contribution in [0.1, 0.15) is 25.3 Å². The second-order valence-electron chi connectivity index (χ2n) is 7.85. The number of hydrogen-bond acceptors (Lipinski definition) is 9. The fourth-order valence-electron chi connectivity index (χ4n) is 2.85. The number of carboxylic acid groups (broad SMARTS) is 1. The smallest absolute Gasteiger partial charge is 0.326 e. The summed E-state index contributed by atoms with van der Waals surface area (Å²) in [5, 5.41) is 44.5. The van der Waals surface area contributed by atoms with Gasteiger partial charge in [0.15, 0.2) is 0 Å². The van der Waals surface area contributed by atoms with E-state index in [0.717, 1.165) is 0 Å². The second kappa shape index (κ2) is 13.8. The molecule has 0 aromatic heterocycles. The molecular formula is C21H31N5O9. The Hall–Kier alpha value is -3.75. The monoisotopic (exact) mass is 497 g/mol. The molecule has 4 amide bonds. The lowest BCUT2D eigenvalue weighted by Crippen LogP contribution is -2.59. The lowest BCUT2D eigenvalue weighted by atomic mass is 10.0. The summed E-state index contributed by atoms with van der Waals surface area (Å²) in [6.07, 6.45) is -1.96. The molecule has 0 spiro atoms. The maximum Gasteiger partial charge on any atom is 0.326 e. The summed E-state index contributed by atoms with van der Waals surface area (Å²) in [5.41, 5.74) is 11.1. The minimum Gasteiger partial charge on any atom is -0.508 e. The Balaban J connectivity index is 3.00. The van der Waals surface area contributed by atoms with Crippen LogP contribution in [-0.2, 0) is 30.4 Å². The Bertz CT molecular complexity index is 907. The van der Waals surface area contributed by atoms with E-state index in [9.17, 15) is 44.4 Å². The molecule has 0 radical (unpaired) electrons. The van der Waals surface area contributed by atoms with Gasteiger partial charge in [-0.1, -0.05) is 12.1 Å². The molecule has 11 N–H and O–H groups in total. The van der Waals surface area contributed by atoms with E-state index in [4.69, 9.17) is 11.5 Å². The Morgan fingerprint density at radius 1 is 0.914 bits per heavy atom. The van der Waals surface area contributed by atoms with E-state index in [-0.39, 0.29) is 25.0 Å². The van der Waals surface area contributed by atoms with Crippen molar-refractivity contribution in [1.29, 1.82) is 0 Å². The molecule has 0 bridgehead atoms. The van der Waals surface area contributed by atoms with Crippen molar-refractivity contribution in [2.24, 2.45) is 11.5 Å². The zero-order valence-corrected chi connectivity index (χ0v) is 19.0. The van der Waals surface area contributed by atoms with E-state index in [1.807, 2.05) is 0 Å². The molecule has 0 fully saturated rings. The number of primary amides is 1. The number of carbonyl (C=O) groups is 5. The van der Waals surface area contributed by atoms with Crippen molar-refractivity contribution in [2.75, 3.05) is 6.61 Å². The van der Waals surface area contributed by atoms with E-state index in [2.05, 4.69) is 16.0 Å². The fourth-order valence-corrected chi connectivity index (χ4v) is 2.85. The van der Waals surface area contributed by atoms with Crippen LogP contribution in [0.25, 0.3) is 0 Å². The molecule has 14 heteroatoms. The summed E-state index contributed by atoms with van der Waals surface area (Å²) >= 11 is 0. The summed E-state index contributed by atoms with van der Waals surface area (Å²) in [7, 11) is 0. The molecule has 0 saturated heterocycles. The van der Waals surface area contributed by atoms with Crippen LogP contribution < -0.4 is 27.4 Å². The highest BCUT2D eigenvalue weighted by molar-refractivity contribution is 5.94. The van der Waals surface area contributed by atoms with Gasteiger partial charge < -0.3 is 47.8 Å². The van der Waals surface area contributed by atoms with E-state index in [1.165, 1.54) is 31.2 Å². The number of phenols is 1. The third-order valence-electron chi connectivity index (χ3n) is 4.94. The number of carbonyl (C=O) groups excluding carboxylic acids is 4. The number of amides is 4. The Morgan fingerprint density at radius 2 is 1.43 bits per heavy atom. The van der Waals surface area contributed by atoms with Crippen molar-refractivity contribution in [1.82, 2.24) is 16.0 Å². The van der Waals surface area contributed by atoms with Gasteiger partial charge in [-0.15, -0.1) is 0 Å². The third-order valence-corrected chi connectivity index (χ3v) is 4.94. The van der Waals surface area contributed by atoms with Crippen LogP contribution in [0.15, 0.2) is 24.3 Å². The molecule has 5 atom stereocenters. The first-order valence-electron chi connectivity index (χ1n) is 10.6. The standard InChI is InChI=1S/C21H31N5O9/c1-10(28)17(23)20(33)25-14(8-11-2-4-12(29)5-3-11)18(31)26-15(9-27)19(32)24-13(21(34)35)6-7-16(22)30/h2-5,10,13-15,17,27-29H,6-9,23H2,1H3,(H2,22,30)(H,24,32)(H,25,33)(H,26,31)(H,34,35). The van der Waals surface area contributed by atoms with Gasteiger partial charge in [-0.3, -0.25) is 19.2 Å². The molecule has 35 heavy (non-hydrogen) atoms. The number of aliphatic carboxylic acids is 1. The number of rotatable bonds is 14. The van der Waals surface area contributed by atoms with Crippen molar-refractivity contribution in [2.45, 2.75) is 56.5 Å². The van der Waals surface area contributed by atoms with Crippen molar-refractivity contribution in [3.63, 3.8) is 0 Å². The Morgan fingerprint density at radius 3 is 1.91 bits per heavy atom. The first kappa shape index (κ1) is 29.3. The largest absolute Gasteiger partial charge is 0.508 e. The molecule has 1 aromatic rings. The number of carboxylic acids is 1. The molecule has 5 unspecified atom stereocenters. The molecule has 0 aliphatic carbocycles. The Labute approximate surface area is 200 Å². The first-order chi connectivity index (χ1) is 16.3. The zero-order valence-electron chi connectivity index (χ0n) is 19.0. The van der Waals surface area contributed by atoms with Gasteiger partial charge in [-0.05, 0) is 31.0 Å². The topological polar surface area (TPSA) is 254 Å². The number of phenolic OH excluding ortho intramolecular Hbond substituents is 1. The van der Waals surface area contributed by atoms with Crippen LogP contribution in [0.5, 0.6) is 5.75 Å². The fraction of sp³-hybridized carbons (Fsp3) is 0.476. The first-order valence-corrected chi connectivity index (χ1v) is 10.6. The average molecular weight is 498 g/mol. The SMILES string of the molecule is CC(O)C(N)C(=O)NC(Cc1ccc(O)cc1)C(=O)NC(CO)C(=O)NC(CCC(N)=O)C(=O)O. The normalized spacial score (nSPS) is 15.1. The second-order valence-corrected chi connectivity index (χ2v) is 7.85. The van der Waals surface area contributed by atoms with Gasteiger partial charge in [0, 0.05) is 12.8 Å². The van der Waals surface area contributed by atoms with E-state index < -0.39 is 66.5 Å². The van der Waals surface area contributed by atoms with Gasteiger partial charge >= 0.3 is 5.97 Å². The van der Waals surface area contributed by atoms with Crippen molar-refractivity contribution < 1.29 is 44.4 Å². The molecule has 0 heterocycles. The minimum atomic E-state index is -1.59. The number of hydrogen-bond donors (Lipinski definition) is 9. The minimum absolute atomic E-state index is 0.0312. The van der Waals surface area contributed by atoms with Gasteiger partial charge in [0.25, 0.3) is 0 Å². The summed E-state index contributed by atoms with van der Waals surface area (Å²) in [6, 6.07) is -0.0792. The number of aliphatic hydroxyl groups is 2. The average Bonchev–Trinajstić information content (AvgIpc) is 2.79. The summed E-state index contributed by atoms with van der Waals surface area (Å²) in [5.74, 6) is -5.08. The van der Waals surface area contributed by atoms with Crippen molar-refractivity contribution in [3.05, 3.63) is 29.8 Å². The number of benzene rings is 1. The quantitative estimate of drug-likeness (QED) is 0.122. The predicted octanol–water partition coefficient (Wildman–Crippen LogP) is -3.56. The lowest BCUT2D eigenvalue weighted by molar-refractivity contribution is -0.143. The number of nitrogens with one attached hydrogen (secondary N) is 3. The van der Waals surface area contributed by atoms with Crippen LogP contribution in [-0.4, -0.2) is 86.9 Å². The van der Waals surface area contributed by atoms with Crippen molar-refractivity contribution in [3.8, 4) is 5.75 Å². The molecule has 194 valence electrons. The molecular weight excluding hydrogens is 466 g/mol. The highest BCUT2D eigenvalue weighted by atomic mass is 16.4. The summed E-state index contributed by atoms with van der Waals surface area (Å²) < 4.78 is 0. The van der Waals surface area contributed by atoms with E-state index in [1.54, 1.807) is 0 Å². The predicted molar refractivity (Wildman–Crippen MR) is 120 cm³/mol. The van der Waals surface area contributed by atoms with E-state index in [0.29, 0.717) is 5.56 Å². The van der Waals surface area contributed by atoms with E-state index >= 15 is 0 Å². The molecule has 0 aliphatic heterocycles. The van der Waals surface area contributed by atoms with Gasteiger partial charge in [0.1, 0.15) is 29.9 Å². The van der Waals surface area contributed by atoms with Crippen LogP contribution in [0.4, 0.5) is 0 Å². The van der Waals surface area contributed by atoms with Crippen LogP contribution >= 0.6 is 0 Å². The maximum atomic E-state index is 12.9. The Kier molecular flexibility index (Phi) is 11.6. The molecule has 1 rings (SSSR count). The highest BCUT2D eigenvalue weighted by Crippen LogP contribution is 2.12. The van der Waals surface area contributed by atoms with Gasteiger partial charge in [-0.25, -0.2) is 4.79 Å². The van der Waals surface area contributed by atoms with Crippen molar-refractivity contribution >= 4 is 29.6 Å². The van der Waals surface area contributed by atoms with Crippen LogP contribution in [0.3, 0.4) is 0 Å². The lowest BCUT2D eigenvalue weighted by Gasteiger charge is -2.25. The highest BCUT2D eigenvalue weighted by Gasteiger charge is 2.31. The van der Waals surface area contributed by atoms with Gasteiger partial charge in [0.05, 0.1) is 12.7 Å². The van der Waals surface area contributed by atoms with Gasteiger partial charge in [0.2, 0.25) is 23.6 Å². The van der Waals surface area contributed by atoms with Gasteiger partial charge in [-0.2, -0.15) is 0 Å². The third kappa shape index (κ3) is 9.95. The molecule has 0 saturated carbocycles. The number of aliphatic hydroxyl groups excluding tert-OH is 2. The zero-order chi connectivity index (χ0) is 26.7. The summed E-state index contributed by atoms with van der Waals surface area (Å²) in [4.78, 5) is 60.0. The molecule has 0 aliphatic rings. The van der Waals surface area contributed by atoms with Crippen LogP contribution in [0, 0.1) is 0 Å².